The molecule has 5 heteroatoms. The van der Waals surface area contributed by atoms with Gasteiger partial charge in [-0.25, -0.2) is 4.98 Å². The topological polar surface area (TPSA) is 74.2 Å². The van der Waals surface area contributed by atoms with Gasteiger partial charge in [0.2, 0.25) is 0 Å². The van der Waals surface area contributed by atoms with E-state index in [0.717, 1.165) is 62.9 Å². The first-order valence-electron chi connectivity index (χ1n) is 11.4. The molecule has 5 nitrogen and oxygen atoms in total. The van der Waals surface area contributed by atoms with E-state index >= 15 is 0 Å². The number of aliphatic carboxylic acids is 1. The number of carboxylic acid groups (broad SMARTS) is 1. The molecule has 1 aliphatic rings. The van der Waals surface area contributed by atoms with Gasteiger partial charge in [-0.3, -0.25) is 10.1 Å². The fraction of sp³-hybridized carbons (Fsp3) is 0.520. The largest absolute Gasteiger partial charge is 0.480 e. The molecule has 162 valence electrons. The second-order valence-electron chi connectivity index (χ2n) is 8.34. The highest BCUT2D eigenvalue weighted by Gasteiger charge is 2.19. The van der Waals surface area contributed by atoms with Gasteiger partial charge in [-0.15, -0.1) is 0 Å². The molecule has 30 heavy (non-hydrogen) atoms. The first kappa shape index (κ1) is 22.3. The predicted octanol–water partition coefficient (Wildman–Crippen LogP) is 5.13. The molecular weight excluding hydrogens is 374 g/mol. The molecule has 0 fully saturated rings. The highest BCUT2D eigenvalue weighted by atomic mass is 16.4. The fourth-order valence-corrected chi connectivity index (χ4v) is 4.11. The minimum Gasteiger partial charge on any atom is -0.480 e. The van der Waals surface area contributed by atoms with Crippen molar-refractivity contribution in [3.05, 3.63) is 59.3 Å². The van der Waals surface area contributed by atoms with E-state index < -0.39 is 12.0 Å². The first-order valence-corrected chi connectivity index (χ1v) is 11.4. The molecule has 0 amide bonds. The van der Waals surface area contributed by atoms with Crippen LogP contribution in [0.3, 0.4) is 0 Å². The highest BCUT2D eigenvalue weighted by molar-refractivity contribution is 5.73. The molecule has 3 N–H and O–H groups in total. The SMILES string of the molecule is CC(NC(CCCCCCCc1ccc2c(n1)NCCC2)C(=O)O)c1ccccc1. The molecule has 1 aliphatic heterocycles. The minimum absolute atomic E-state index is 0.0332. The number of rotatable bonds is 12. The Morgan fingerprint density at radius 3 is 2.67 bits per heavy atom. The Balaban J connectivity index is 1.31. The lowest BCUT2D eigenvalue weighted by Crippen LogP contribution is -2.38. The van der Waals surface area contributed by atoms with Crippen molar-refractivity contribution >= 4 is 11.8 Å². The van der Waals surface area contributed by atoms with Crippen molar-refractivity contribution in [2.24, 2.45) is 0 Å². The number of hydrogen-bond acceptors (Lipinski definition) is 4. The Kier molecular flexibility index (Phi) is 8.69. The third-order valence-corrected chi connectivity index (χ3v) is 5.93. The molecule has 2 heterocycles. The maximum absolute atomic E-state index is 11.6. The molecule has 1 aromatic carbocycles. The third kappa shape index (κ3) is 6.84. The molecule has 0 radical (unpaired) electrons. The zero-order chi connectivity index (χ0) is 21.2. The normalized spacial score (nSPS) is 15.1. The summed E-state index contributed by atoms with van der Waals surface area (Å²) in [5, 5.41) is 16.2. The molecule has 2 unspecified atom stereocenters. The van der Waals surface area contributed by atoms with Crippen LogP contribution >= 0.6 is 0 Å². The van der Waals surface area contributed by atoms with Gasteiger partial charge in [0.1, 0.15) is 11.9 Å². The third-order valence-electron chi connectivity index (χ3n) is 5.93. The number of unbranched alkanes of at least 4 members (excludes halogenated alkanes) is 4. The lowest BCUT2D eigenvalue weighted by Gasteiger charge is -2.20. The molecule has 0 saturated carbocycles. The second-order valence-corrected chi connectivity index (χ2v) is 8.34. The smallest absolute Gasteiger partial charge is 0.320 e. The quantitative estimate of drug-likeness (QED) is 0.424. The van der Waals surface area contributed by atoms with Crippen molar-refractivity contribution in [1.29, 1.82) is 0 Å². The summed E-state index contributed by atoms with van der Waals surface area (Å²) in [5.74, 6) is 0.320. The highest BCUT2D eigenvalue weighted by Crippen LogP contribution is 2.21. The maximum Gasteiger partial charge on any atom is 0.320 e. The lowest BCUT2D eigenvalue weighted by molar-refractivity contribution is -0.139. The first-order chi connectivity index (χ1) is 14.6. The summed E-state index contributed by atoms with van der Waals surface area (Å²) in [4.78, 5) is 16.4. The van der Waals surface area contributed by atoms with Gasteiger partial charge in [-0.1, -0.05) is 62.1 Å². The monoisotopic (exact) mass is 409 g/mol. The number of carbonyl (C=O) groups is 1. The van der Waals surface area contributed by atoms with Gasteiger partial charge < -0.3 is 10.4 Å². The van der Waals surface area contributed by atoms with E-state index in [0.29, 0.717) is 6.42 Å². The van der Waals surface area contributed by atoms with Gasteiger partial charge in [-0.05, 0) is 56.2 Å². The molecule has 2 atom stereocenters. The Morgan fingerprint density at radius 1 is 1.10 bits per heavy atom. The van der Waals surface area contributed by atoms with Gasteiger partial charge in [0.05, 0.1) is 0 Å². The summed E-state index contributed by atoms with van der Waals surface area (Å²) in [7, 11) is 0. The van der Waals surface area contributed by atoms with E-state index in [-0.39, 0.29) is 6.04 Å². The molecule has 0 spiro atoms. The van der Waals surface area contributed by atoms with Crippen molar-refractivity contribution in [1.82, 2.24) is 10.3 Å². The number of benzene rings is 1. The zero-order valence-electron chi connectivity index (χ0n) is 18.1. The Labute approximate surface area is 180 Å². The van der Waals surface area contributed by atoms with Crippen LogP contribution in [0, 0.1) is 0 Å². The predicted molar refractivity (Wildman–Crippen MR) is 122 cm³/mol. The summed E-state index contributed by atoms with van der Waals surface area (Å²) in [6.07, 6.45) is 9.46. The Morgan fingerprint density at radius 2 is 1.87 bits per heavy atom. The van der Waals surface area contributed by atoms with Crippen LogP contribution in [0.15, 0.2) is 42.5 Å². The van der Waals surface area contributed by atoms with Crippen LogP contribution in [0.25, 0.3) is 0 Å². The van der Waals surface area contributed by atoms with Crippen LogP contribution in [0.4, 0.5) is 5.82 Å². The summed E-state index contributed by atoms with van der Waals surface area (Å²) in [5.41, 5.74) is 3.64. The van der Waals surface area contributed by atoms with Crippen molar-refractivity contribution in [2.75, 3.05) is 11.9 Å². The van der Waals surface area contributed by atoms with Crippen molar-refractivity contribution in [3.63, 3.8) is 0 Å². The standard InChI is InChI=1S/C25H35N3O2/c1-19(20-11-6-5-7-12-20)27-23(25(29)30)15-9-4-2-3-8-14-22-17-16-21-13-10-18-26-24(21)28-22/h5-7,11-12,16-17,19,23,27H,2-4,8-10,13-15,18H2,1H3,(H,26,28)(H,29,30). The van der Waals surface area contributed by atoms with E-state index in [4.69, 9.17) is 4.98 Å². The molecule has 0 saturated heterocycles. The van der Waals surface area contributed by atoms with Crippen molar-refractivity contribution < 1.29 is 9.90 Å². The molecule has 3 rings (SSSR count). The van der Waals surface area contributed by atoms with Crippen LogP contribution < -0.4 is 10.6 Å². The van der Waals surface area contributed by atoms with Crippen LogP contribution in [-0.2, 0) is 17.6 Å². The molecular formula is C25H35N3O2. The Hall–Kier alpha value is -2.40. The number of anilines is 1. The Bertz CT molecular complexity index is 794. The van der Waals surface area contributed by atoms with Crippen LogP contribution in [0.2, 0.25) is 0 Å². The number of aryl methyl sites for hydroxylation is 2. The number of fused-ring (bicyclic) bond motifs is 1. The van der Waals surface area contributed by atoms with Crippen LogP contribution in [0.5, 0.6) is 0 Å². The number of carboxylic acids is 1. The van der Waals surface area contributed by atoms with E-state index in [1.807, 2.05) is 37.3 Å². The van der Waals surface area contributed by atoms with Gasteiger partial charge >= 0.3 is 5.97 Å². The zero-order valence-corrected chi connectivity index (χ0v) is 18.1. The number of pyridine rings is 1. The van der Waals surface area contributed by atoms with Crippen LogP contribution in [-0.4, -0.2) is 28.6 Å². The summed E-state index contributed by atoms with van der Waals surface area (Å²) >= 11 is 0. The van der Waals surface area contributed by atoms with E-state index in [2.05, 4.69) is 22.8 Å². The molecule has 0 bridgehead atoms. The number of nitrogens with one attached hydrogen (secondary N) is 2. The average Bonchev–Trinajstić information content (AvgIpc) is 2.77. The summed E-state index contributed by atoms with van der Waals surface area (Å²) in [6, 6.07) is 13.9. The molecule has 1 aromatic heterocycles. The number of hydrogen-bond donors (Lipinski definition) is 3. The number of aromatic nitrogens is 1. The maximum atomic E-state index is 11.6. The summed E-state index contributed by atoms with van der Waals surface area (Å²) in [6.45, 7) is 3.05. The van der Waals surface area contributed by atoms with Gasteiger partial charge in [-0.2, -0.15) is 0 Å². The minimum atomic E-state index is -0.759. The molecule has 2 aromatic rings. The molecule has 0 aliphatic carbocycles. The van der Waals surface area contributed by atoms with Gasteiger partial charge in [0.25, 0.3) is 0 Å². The average molecular weight is 410 g/mol. The van der Waals surface area contributed by atoms with Crippen molar-refractivity contribution in [3.8, 4) is 0 Å². The van der Waals surface area contributed by atoms with Gasteiger partial charge in [0.15, 0.2) is 0 Å². The lowest BCUT2D eigenvalue weighted by atomic mass is 10.0. The van der Waals surface area contributed by atoms with Crippen LogP contribution in [0.1, 0.15) is 74.7 Å². The number of nitrogens with zero attached hydrogens (tertiary/aromatic N) is 1. The van der Waals surface area contributed by atoms with Crippen molar-refractivity contribution in [2.45, 2.75) is 76.8 Å². The van der Waals surface area contributed by atoms with E-state index in [9.17, 15) is 9.90 Å². The van der Waals surface area contributed by atoms with Gasteiger partial charge in [0, 0.05) is 18.3 Å². The van der Waals surface area contributed by atoms with E-state index in [1.54, 1.807) is 0 Å². The second kappa shape index (κ2) is 11.7. The fourth-order valence-electron chi connectivity index (χ4n) is 4.11. The van der Waals surface area contributed by atoms with E-state index in [1.165, 1.54) is 17.7 Å². The summed E-state index contributed by atoms with van der Waals surface area (Å²) < 4.78 is 0.